The molecule has 0 aliphatic heterocycles. The smallest absolute Gasteiger partial charge is 0.254 e. The van der Waals surface area contributed by atoms with Crippen LogP contribution in [0.3, 0.4) is 0 Å². The summed E-state index contributed by atoms with van der Waals surface area (Å²) < 4.78 is 5.77. The molecule has 0 aliphatic carbocycles. The van der Waals surface area contributed by atoms with Crippen molar-refractivity contribution >= 4 is 23.7 Å². The third-order valence-corrected chi connectivity index (χ3v) is 3.26. The third kappa shape index (κ3) is 5.13. The summed E-state index contributed by atoms with van der Waals surface area (Å²) in [6, 6.07) is 16.5. The number of ether oxygens (including phenoxy) is 1. The van der Waals surface area contributed by atoms with Crippen molar-refractivity contribution in [1.82, 2.24) is 5.43 Å². The number of hydrazone groups is 1. The van der Waals surface area contributed by atoms with E-state index in [0.29, 0.717) is 22.9 Å². The zero-order valence-corrected chi connectivity index (χ0v) is 13.0. The van der Waals surface area contributed by atoms with Crippen LogP contribution >= 0.6 is 11.6 Å². The predicted octanol–water partition coefficient (Wildman–Crippen LogP) is 3.28. The molecule has 0 spiro atoms. The van der Waals surface area contributed by atoms with E-state index in [2.05, 4.69) is 10.5 Å². The highest BCUT2D eigenvalue weighted by Crippen LogP contribution is 2.20. The summed E-state index contributed by atoms with van der Waals surface area (Å²) in [6.07, 6.45) is 1.24. The zero-order chi connectivity index (χ0) is 16.5. The van der Waals surface area contributed by atoms with Crippen molar-refractivity contribution in [2.75, 3.05) is 0 Å². The minimum atomic E-state index is -0.460. The number of amides is 1. The summed E-state index contributed by atoms with van der Waals surface area (Å²) in [5, 5.41) is 12.9. The van der Waals surface area contributed by atoms with Crippen molar-refractivity contribution < 1.29 is 9.53 Å². The molecule has 0 radical (unpaired) electrons. The fraction of sp³-hybridized carbons (Fsp3) is 0.118. The molecule has 6 heteroatoms. The molecule has 0 aliphatic rings. The van der Waals surface area contributed by atoms with Gasteiger partial charge < -0.3 is 4.74 Å². The molecule has 1 amide bonds. The maximum atomic E-state index is 11.2. The van der Waals surface area contributed by atoms with Gasteiger partial charge in [-0.3, -0.25) is 4.79 Å². The largest absolute Gasteiger partial charge is 0.488 e. The quantitative estimate of drug-likeness (QED) is 0.653. The van der Waals surface area contributed by atoms with E-state index >= 15 is 0 Å². The number of carbonyl (C=O) groups is 1. The molecule has 0 unspecified atom stereocenters. The Morgan fingerprint density at radius 1 is 1.26 bits per heavy atom. The van der Waals surface area contributed by atoms with E-state index in [1.54, 1.807) is 18.2 Å². The Hall–Kier alpha value is -2.84. The number of para-hydroxylation sites is 1. The normalized spacial score (nSPS) is 10.3. The van der Waals surface area contributed by atoms with E-state index in [-0.39, 0.29) is 6.42 Å². The van der Waals surface area contributed by atoms with Gasteiger partial charge >= 0.3 is 0 Å². The van der Waals surface area contributed by atoms with E-state index in [0.717, 1.165) is 5.56 Å². The number of carbonyl (C=O) groups excluding carboxylic acids is 1. The Morgan fingerprint density at radius 3 is 2.78 bits per heavy atom. The number of nitriles is 1. The van der Waals surface area contributed by atoms with Crippen LogP contribution in [0.4, 0.5) is 0 Å². The summed E-state index contributed by atoms with van der Waals surface area (Å²) in [4.78, 5) is 11.2. The molecule has 2 aromatic rings. The second-order valence-electron chi connectivity index (χ2n) is 4.55. The molecule has 0 heterocycles. The SMILES string of the molecule is N#CCC(=O)N/N=C/c1ccccc1OCc1ccccc1Cl. The van der Waals surface area contributed by atoms with Crippen molar-refractivity contribution in [2.45, 2.75) is 13.0 Å². The summed E-state index contributed by atoms with van der Waals surface area (Å²) >= 11 is 6.10. The Kier molecular flexibility index (Phi) is 6.16. The average molecular weight is 328 g/mol. The number of benzene rings is 2. The van der Waals surface area contributed by atoms with Crippen LogP contribution < -0.4 is 10.2 Å². The van der Waals surface area contributed by atoms with Crippen LogP contribution in [0.25, 0.3) is 0 Å². The average Bonchev–Trinajstić information content (AvgIpc) is 2.55. The van der Waals surface area contributed by atoms with Gasteiger partial charge in [-0.2, -0.15) is 10.4 Å². The fourth-order valence-corrected chi connectivity index (χ4v) is 1.97. The number of nitrogens with one attached hydrogen (secondary N) is 1. The molecule has 23 heavy (non-hydrogen) atoms. The Balaban J connectivity index is 2.03. The lowest BCUT2D eigenvalue weighted by Crippen LogP contribution is -2.16. The highest BCUT2D eigenvalue weighted by molar-refractivity contribution is 6.31. The van der Waals surface area contributed by atoms with Gasteiger partial charge in [0.15, 0.2) is 0 Å². The maximum Gasteiger partial charge on any atom is 0.254 e. The summed E-state index contributed by atoms with van der Waals surface area (Å²) in [5.74, 6) is 0.156. The van der Waals surface area contributed by atoms with E-state index in [9.17, 15) is 4.79 Å². The number of hydrogen-bond acceptors (Lipinski definition) is 4. The van der Waals surface area contributed by atoms with Crippen LogP contribution in [0.15, 0.2) is 53.6 Å². The van der Waals surface area contributed by atoms with Crippen LogP contribution in [-0.4, -0.2) is 12.1 Å². The Bertz CT molecular complexity index is 753. The van der Waals surface area contributed by atoms with Gasteiger partial charge in [0.05, 0.1) is 12.3 Å². The third-order valence-electron chi connectivity index (χ3n) is 2.89. The minimum Gasteiger partial charge on any atom is -0.488 e. The molecule has 0 atom stereocenters. The summed E-state index contributed by atoms with van der Waals surface area (Å²) in [5.41, 5.74) is 3.86. The summed E-state index contributed by atoms with van der Waals surface area (Å²) in [6.45, 7) is 0.325. The van der Waals surface area contributed by atoms with Crippen molar-refractivity contribution in [3.05, 3.63) is 64.7 Å². The van der Waals surface area contributed by atoms with Gasteiger partial charge in [-0.15, -0.1) is 0 Å². The molecule has 0 fully saturated rings. The molecule has 0 aromatic heterocycles. The fourth-order valence-electron chi connectivity index (χ4n) is 1.77. The highest BCUT2D eigenvalue weighted by Gasteiger charge is 2.04. The standard InChI is InChI=1S/C17H14ClN3O2/c18-15-7-3-1-6-14(15)12-23-16-8-4-2-5-13(16)11-20-21-17(22)9-10-19/h1-8,11H,9,12H2,(H,21,22)/b20-11+. The van der Waals surface area contributed by atoms with Gasteiger partial charge in [-0.25, -0.2) is 5.43 Å². The molecule has 5 nitrogen and oxygen atoms in total. The van der Waals surface area contributed by atoms with Crippen LogP contribution in [0.5, 0.6) is 5.75 Å². The van der Waals surface area contributed by atoms with Gasteiger partial charge in [0.1, 0.15) is 18.8 Å². The first kappa shape index (κ1) is 16.5. The van der Waals surface area contributed by atoms with Crippen molar-refractivity contribution in [1.29, 1.82) is 5.26 Å². The van der Waals surface area contributed by atoms with Gasteiger partial charge in [-0.1, -0.05) is 41.9 Å². The Labute approximate surface area is 139 Å². The van der Waals surface area contributed by atoms with Crippen LogP contribution in [-0.2, 0) is 11.4 Å². The van der Waals surface area contributed by atoms with E-state index < -0.39 is 5.91 Å². The first-order valence-electron chi connectivity index (χ1n) is 6.85. The molecular formula is C17H14ClN3O2. The lowest BCUT2D eigenvalue weighted by atomic mass is 10.2. The molecule has 2 rings (SSSR count). The van der Waals surface area contributed by atoms with Crippen molar-refractivity contribution in [3.8, 4) is 11.8 Å². The van der Waals surface area contributed by atoms with E-state index in [1.807, 2.05) is 36.4 Å². The second kappa shape index (κ2) is 8.57. The maximum absolute atomic E-state index is 11.2. The molecular weight excluding hydrogens is 314 g/mol. The number of hydrogen-bond donors (Lipinski definition) is 1. The van der Waals surface area contributed by atoms with E-state index in [4.69, 9.17) is 21.6 Å². The van der Waals surface area contributed by atoms with Crippen molar-refractivity contribution in [2.24, 2.45) is 5.10 Å². The van der Waals surface area contributed by atoms with Crippen LogP contribution in [0, 0.1) is 11.3 Å². The van der Waals surface area contributed by atoms with Crippen molar-refractivity contribution in [3.63, 3.8) is 0 Å². The van der Waals surface area contributed by atoms with Crippen LogP contribution in [0.1, 0.15) is 17.5 Å². The molecule has 0 bridgehead atoms. The molecule has 0 saturated heterocycles. The van der Waals surface area contributed by atoms with Gasteiger partial charge in [0.25, 0.3) is 5.91 Å². The number of rotatable bonds is 6. The Morgan fingerprint density at radius 2 is 2.00 bits per heavy atom. The monoisotopic (exact) mass is 327 g/mol. The van der Waals surface area contributed by atoms with Gasteiger partial charge in [0.2, 0.25) is 0 Å². The predicted molar refractivity (Wildman–Crippen MR) is 88.2 cm³/mol. The first-order chi connectivity index (χ1) is 11.2. The summed E-state index contributed by atoms with van der Waals surface area (Å²) in [7, 11) is 0. The molecule has 0 saturated carbocycles. The van der Waals surface area contributed by atoms with Crippen LogP contribution in [0.2, 0.25) is 5.02 Å². The van der Waals surface area contributed by atoms with E-state index in [1.165, 1.54) is 6.21 Å². The minimum absolute atomic E-state index is 0.234. The lowest BCUT2D eigenvalue weighted by molar-refractivity contribution is -0.120. The lowest BCUT2D eigenvalue weighted by Gasteiger charge is -2.10. The van der Waals surface area contributed by atoms with Gasteiger partial charge in [-0.05, 0) is 18.2 Å². The highest BCUT2D eigenvalue weighted by atomic mass is 35.5. The molecule has 1 N–H and O–H groups in total. The first-order valence-corrected chi connectivity index (χ1v) is 7.22. The number of halogens is 1. The topological polar surface area (TPSA) is 74.5 Å². The second-order valence-corrected chi connectivity index (χ2v) is 4.95. The number of nitrogens with zero attached hydrogens (tertiary/aromatic N) is 2. The molecule has 116 valence electrons. The van der Waals surface area contributed by atoms with Gasteiger partial charge in [0, 0.05) is 16.1 Å². The zero-order valence-electron chi connectivity index (χ0n) is 12.2. The molecule has 2 aromatic carbocycles.